The van der Waals surface area contributed by atoms with Gasteiger partial charge in [-0.15, -0.1) is 0 Å². The molecule has 1 aromatic carbocycles. The Morgan fingerprint density at radius 2 is 2.08 bits per heavy atom. The molecular weight excluding hydrogens is 316 g/mol. The predicted molar refractivity (Wildman–Crippen MR) is 94.7 cm³/mol. The van der Waals surface area contributed by atoms with E-state index in [1.54, 1.807) is 18.5 Å². The van der Waals surface area contributed by atoms with Crippen LogP contribution in [-0.2, 0) is 0 Å². The molecule has 1 aliphatic rings. The molecular formula is C18H16N6O. The molecule has 1 saturated heterocycles. The van der Waals surface area contributed by atoms with Crippen LogP contribution in [0.2, 0.25) is 0 Å². The molecule has 1 aliphatic heterocycles. The number of para-hydroxylation sites is 1. The maximum absolute atomic E-state index is 12.4. The van der Waals surface area contributed by atoms with Crippen molar-refractivity contribution in [2.24, 2.45) is 0 Å². The van der Waals surface area contributed by atoms with Gasteiger partial charge in [0.1, 0.15) is 11.3 Å². The fourth-order valence-electron chi connectivity index (χ4n) is 3.63. The molecule has 0 amide bonds. The van der Waals surface area contributed by atoms with E-state index in [4.69, 9.17) is 4.98 Å². The smallest absolute Gasteiger partial charge is 0.258 e. The third-order valence-electron chi connectivity index (χ3n) is 4.78. The monoisotopic (exact) mass is 332 g/mol. The number of anilines is 1. The first-order valence-corrected chi connectivity index (χ1v) is 8.35. The molecule has 25 heavy (non-hydrogen) atoms. The van der Waals surface area contributed by atoms with Gasteiger partial charge in [-0.2, -0.15) is 5.10 Å². The lowest BCUT2D eigenvalue weighted by molar-refractivity contribution is 0.661. The molecule has 1 N–H and O–H groups in total. The zero-order valence-electron chi connectivity index (χ0n) is 13.5. The van der Waals surface area contributed by atoms with Crippen LogP contribution in [0.4, 0.5) is 5.82 Å². The van der Waals surface area contributed by atoms with E-state index >= 15 is 0 Å². The van der Waals surface area contributed by atoms with E-state index in [0.717, 1.165) is 36.2 Å². The Balaban J connectivity index is 1.64. The van der Waals surface area contributed by atoms with Crippen LogP contribution >= 0.6 is 0 Å². The van der Waals surface area contributed by atoms with Crippen LogP contribution in [-0.4, -0.2) is 31.1 Å². The van der Waals surface area contributed by atoms with Crippen molar-refractivity contribution < 1.29 is 0 Å². The van der Waals surface area contributed by atoms with Crippen molar-refractivity contribution in [1.29, 1.82) is 0 Å². The third kappa shape index (κ3) is 2.20. The normalized spacial score (nSPS) is 17.6. The standard InChI is InChI=1S/C18H16N6O/c25-18-12-4-1-2-5-13(12)21-16(22-18)14-6-3-10-23(14)17-15-7-8-20-24(15)11-9-19-17/h1-2,4-5,7-9,11,14H,3,6,10H2,(H,21,22,25). The number of rotatable bonds is 2. The fourth-order valence-corrected chi connectivity index (χ4v) is 3.63. The number of aromatic amines is 1. The van der Waals surface area contributed by atoms with Crippen LogP contribution < -0.4 is 10.5 Å². The number of hydrogen-bond acceptors (Lipinski definition) is 5. The Morgan fingerprint density at radius 3 is 3.04 bits per heavy atom. The Morgan fingerprint density at radius 1 is 1.16 bits per heavy atom. The van der Waals surface area contributed by atoms with Gasteiger partial charge in [0.15, 0.2) is 5.82 Å². The Hall–Kier alpha value is -3.22. The van der Waals surface area contributed by atoms with E-state index in [9.17, 15) is 4.79 Å². The van der Waals surface area contributed by atoms with Gasteiger partial charge in [0, 0.05) is 18.9 Å². The second-order valence-corrected chi connectivity index (χ2v) is 6.23. The zero-order valence-corrected chi connectivity index (χ0v) is 13.5. The van der Waals surface area contributed by atoms with E-state index in [-0.39, 0.29) is 11.6 Å². The van der Waals surface area contributed by atoms with Crippen molar-refractivity contribution in [1.82, 2.24) is 24.6 Å². The lowest BCUT2D eigenvalue weighted by Gasteiger charge is -2.25. The zero-order chi connectivity index (χ0) is 16.8. The Labute approximate surface area is 143 Å². The molecule has 3 aromatic heterocycles. The van der Waals surface area contributed by atoms with Gasteiger partial charge in [-0.25, -0.2) is 14.5 Å². The van der Waals surface area contributed by atoms with Gasteiger partial charge in [-0.05, 0) is 31.0 Å². The summed E-state index contributed by atoms with van der Waals surface area (Å²) in [6.07, 6.45) is 7.30. The van der Waals surface area contributed by atoms with Gasteiger partial charge in [-0.1, -0.05) is 12.1 Å². The van der Waals surface area contributed by atoms with Crippen LogP contribution in [0.3, 0.4) is 0 Å². The van der Waals surface area contributed by atoms with Crippen LogP contribution in [0.5, 0.6) is 0 Å². The number of nitrogens with zero attached hydrogens (tertiary/aromatic N) is 5. The van der Waals surface area contributed by atoms with E-state index in [2.05, 4.69) is 20.0 Å². The first-order chi connectivity index (χ1) is 12.3. The van der Waals surface area contributed by atoms with E-state index in [0.29, 0.717) is 11.2 Å². The summed E-state index contributed by atoms with van der Waals surface area (Å²) in [5.74, 6) is 1.57. The summed E-state index contributed by atoms with van der Waals surface area (Å²) in [6, 6.07) is 9.39. The maximum Gasteiger partial charge on any atom is 0.258 e. The van der Waals surface area contributed by atoms with Crippen LogP contribution in [0.1, 0.15) is 24.7 Å². The molecule has 5 rings (SSSR count). The molecule has 0 spiro atoms. The molecule has 1 fully saturated rings. The predicted octanol–water partition coefficient (Wildman–Crippen LogP) is 2.31. The van der Waals surface area contributed by atoms with E-state index in [1.807, 2.05) is 35.0 Å². The molecule has 124 valence electrons. The summed E-state index contributed by atoms with van der Waals surface area (Å²) in [4.78, 5) is 26.9. The molecule has 0 bridgehead atoms. The van der Waals surface area contributed by atoms with E-state index in [1.165, 1.54) is 0 Å². The minimum absolute atomic E-state index is 0.00547. The average molecular weight is 332 g/mol. The van der Waals surface area contributed by atoms with Gasteiger partial charge >= 0.3 is 0 Å². The SMILES string of the molecule is O=c1[nH]c(C2CCCN2c2nccn3nccc23)nc2ccccc12. The molecule has 1 atom stereocenters. The van der Waals surface area contributed by atoms with Crippen molar-refractivity contribution in [2.75, 3.05) is 11.4 Å². The van der Waals surface area contributed by atoms with Crippen molar-refractivity contribution in [3.63, 3.8) is 0 Å². The van der Waals surface area contributed by atoms with Crippen LogP contribution in [0.25, 0.3) is 16.4 Å². The average Bonchev–Trinajstić information content (AvgIpc) is 3.30. The molecule has 7 heteroatoms. The highest BCUT2D eigenvalue weighted by Crippen LogP contribution is 2.35. The van der Waals surface area contributed by atoms with E-state index < -0.39 is 0 Å². The maximum atomic E-state index is 12.4. The van der Waals surface area contributed by atoms with Crippen molar-refractivity contribution in [3.8, 4) is 0 Å². The number of H-pyrrole nitrogens is 1. The highest BCUT2D eigenvalue weighted by Gasteiger charge is 2.30. The Kier molecular flexibility index (Phi) is 3.06. The molecule has 0 aliphatic carbocycles. The summed E-state index contributed by atoms with van der Waals surface area (Å²) < 4.78 is 1.81. The number of benzene rings is 1. The van der Waals surface area contributed by atoms with Gasteiger partial charge in [-0.3, -0.25) is 4.79 Å². The number of fused-ring (bicyclic) bond motifs is 2. The topological polar surface area (TPSA) is 79.2 Å². The van der Waals surface area contributed by atoms with Gasteiger partial charge in [0.25, 0.3) is 5.56 Å². The molecule has 0 saturated carbocycles. The highest BCUT2D eigenvalue weighted by atomic mass is 16.1. The highest BCUT2D eigenvalue weighted by molar-refractivity contribution is 5.77. The van der Waals surface area contributed by atoms with Crippen molar-refractivity contribution in [2.45, 2.75) is 18.9 Å². The first-order valence-electron chi connectivity index (χ1n) is 8.35. The largest absolute Gasteiger partial charge is 0.345 e. The molecule has 0 radical (unpaired) electrons. The lowest BCUT2D eigenvalue weighted by atomic mass is 10.2. The van der Waals surface area contributed by atoms with Gasteiger partial charge in [0.05, 0.1) is 23.1 Å². The second-order valence-electron chi connectivity index (χ2n) is 6.23. The summed E-state index contributed by atoms with van der Waals surface area (Å²) in [5.41, 5.74) is 1.59. The number of aromatic nitrogens is 5. The first kappa shape index (κ1) is 14.2. The molecule has 4 aromatic rings. The quantitative estimate of drug-likeness (QED) is 0.609. The molecule has 7 nitrogen and oxygen atoms in total. The minimum atomic E-state index is -0.0945. The molecule has 1 unspecified atom stereocenters. The van der Waals surface area contributed by atoms with Crippen LogP contribution in [0, 0.1) is 0 Å². The summed E-state index contributed by atoms with van der Waals surface area (Å²) in [5, 5.41) is 4.90. The fraction of sp³-hybridized carbons (Fsp3) is 0.222. The van der Waals surface area contributed by atoms with Gasteiger partial charge in [0.2, 0.25) is 0 Å². The minimum Gasteiger partial charge on any atom is -0.345 e. The number of nitrogens with one attached hydrogen (secondary N) is 1. The summed E-state index contributed by atoms with van der Waals surface area (Å²) >= 11 is 0. The van der Waals surface area contributed by atoms with Crippen molar-refractivity contribution in [3.05, 3.63) is 65.1 Å². The summed E-state index contributed by atoms with van der Waals surface area (Å²) in [6.45, 7) is 0.874. The Bertz CT molecular complexity index is 1130. The number of hydrogen-bond donors (Lipinski definition) is 1. The lowest BCUT2D eigenvalue weighted by Crippen LogP contribution is -2.27. The second kappa shape index (κ2) is 5.41. The third-order valence-corrected chi connectivity index (χ3v) is 4.78. The van der Waals surface area contributed by atoms with Gasteiger partial charge < -0.3 is 9.88 Å². The molecule has 4 heterocycles. The van der Waals surface area contributed by atoms with Crippen LogP contribution in [0.15, 0.2) is 53.7 Å². The summed E-state index contributed by atoms with van der Waals surface area (Å²) in [7, 11) is 0. The van der Waals surface area contributed by atoms with Crippen molar-refractivity contribution >= 4 is 22.2 Å².